The Bertz CT molecular complexity index is 808. The van der Waals surface area contributed by atoms with Crippen molar-refractivity contribution in [3.63, 3.8) is 0 Å². The van der Waals surface area contributed by atoms with E-state index in [1.54, 1.807) is 35.1 Å². The average Bonchev–Trinajstić information content (AvgIpc) is 3.19. The van der Waals surface area contributed by atoms with Gasteiger partial charge in [0.15, 0.2) is 5.13 Å². The predicted molar refractivity (Wildman–Crippen MR) is 82.1 cm³/mol. The number of nitrogens with zero attached hydrogens (tertiary/aromatic N) is 3. The van der Waals surface area contributed by atoms with Crippen LogP contribution in [0.15, 0.2) is 48.9 Å². The molecular formula is C14H11N5O2S. The molecule has 0 atom stereocenters. The van der Waals surface area contributed by atoms with Crippen LogP contribution in [0, 0.1) is 0 Å². The zero-order chi connectivity index (χ0) is 15.5. The largest absolute Gasteiger partial charge is 0.365 e. The van der Waals surface area contributed by atoms with Gasteiger partial charge in [0, 0.05) is 18.0 Å². The Morgan fingerprint density at radius 1 is 1.23 bits per heavy atom. The molecule has 2 aromatic heterocycles. The van der Waals surface area contributed by atoms with Crippen LogP contribution in [0.3, 0.4) is 0 Å². The van der Waals surface area contributed by atoms with Gasteiger partial charge in [0.05, 0.1) is 11.9 Å². The number of nitrogens with one attached hydrogen (secondary N) is 1. The average molecular weight is 313 g/mol. The summed E-state index contributed by atoms with van der Waals surface area (Å²) in [4.78, 5) is 27.3. The van der Waals surface area contributed by atoms with Gasteiger partial charge < -0.3 is 5.73 Å². The molecule has 8 heteroatoms. The Balaban J connectivity index is 1.73. The number of carbonyl (C=O) groups is 2. The molecule has 0 saturated carbocycles. The summed E-state index contributed by atoms with van der Waals surface area (Å²) < 4.78 is 1.70. The lowest BCUT2D eigenvalue weighted by Gasteiger charge is -2.04. The molecule has 2 heterocycles. The summed E-state index contributed by atoms with van der Waals surface area (Å²) >= 11 is 1.03. The van der Waals surface area contributed by atoms with E-state index >= 15 is 0 Å². The molecule has 110 valence electrons. The van der Waals surface area contributed by atoms with Crippen molar-refractivity contribution in [2.75, 3.05) is 5.32 Å². The minimum Gasteiger partial charge on any atom is -0.365 e. The Labute approximate surface area is 129 Å². The Kier molecular flexibility index (Phi) is 3.67. The molecule has 1 aromatic carbocycles. The van der Waals surface area contributed by atoms with Crippen molar-refractivity contribution >= 4 is 28.3 Å². The molecule has 0 radical (unpaired) electrons. The summed E-state index contributed by atoms with van der Waals surface area (Å²) in [7, 11) is 0. The fraction of sp³-hybridized carbons (Fsp3) is 0. The predicted octanol–water partition coefficient (Wildman–Crippen LogP) is 1.68. The Hall–Kier alpha value is -3.00. The highest BCUT2D eigenvalue weighted by Crippen LogP contribution is 2.18. The van der Waals surface area contributed by atoms with Gasteiger partial charge >= 0.3 is 0 Å². The lowest BCUT2D eigenvalue weighted by Crippen LogP contribution is -2.11. The molecule has 3 N–H and O–H groups in total. The van der Waals surface area contributed by atoms with Gasteiger partial charge in [-0.3, -0.25) is 14.9 Å². The van der Waals surface area contributed by atoms with Crippen LogP contribution in [0.25, 0.3) is 5.69 Å². The number of hydrogen-bond donors (Lipinski definition) is 2. The van der Waals surface area contributed by atoms with E-state index in [0.717, 1.165) is 17.0 Å². The highest BCUT2D eigenvalue weighted by molar-refractivity contribution is 7.17. The first-order valence-corrected chi connectivity index (χ1v) is 7.12. The van der Waals surface area contributed by atoms with Crippen LogP contribution in [0.1, 0.15) is 20.0 Å². The van der Waals surface area contributed by atoms with E-state index < -0.39 is 5.91 Å². The number of hydrogen-bond acceptors (Lipinski definition) is 5. The quantitative estimate of drug-likeness (QED) is 0.764. The number of carbonyl (C=O) groups excluding carboxylic acids is 2. The van der Waals surface area contributed by atoms with Crippen molar-refractivity contribution in [2.45, 2.75) is 0 Å². The van der Waals surface area contributed by atoms with Gasteiger partial charge in [-0.15, -0.1) is 0 Å². The maximum absolute atomic E-state index is 12.1. The number of amides is 2. The van der Waals surface area contributed by atoms with Crippen molar-refractivity contribution in [2.24, 2.45) is 5.73 Å². The minimum absolute atomic E-state index is 0.296. The number of benzene rings is 1. The van der Waals surface area contributed by atoms with Gasteiger partial charge in [0.2, 0.25) is 0 Å². The monoisotopic (exact) mass is 313 g/mol. The smallest absolute Gasteiger partial charge is 0.260 e. The van der Waals surface area contributed by atoms with Crippen molar-refractivity contribution in [1.82, 2.24) is 14.8 Å². The van der Waals surface area contributed by atoms with E-state index in [1.165, 1.54) is 6.20 Å². The number of aromatic nitrogens is 3. The molecule has 0 aliphatic heterocycles. The topological polar surface area (TPSA) is 103 Å². The van der Waals surface area contributed by atoms with Crippen molar-refractivity contribution in [3.05, 3.63) is 59.4 Å². The van der Waals surface area contributed by atoms with Crippen molar-refractivity contribution in [1.29, 1.82) is 0 Å². The molecule has 3 rings (SSSR count). The third-order valence-corrected chi connectivity index (χ3v) is 3.79. The minimum atomic E-state index is -0.568. The third-order valence-electron chi connectivity index (χ3n) is 2.87. The second-order valence-electron chi connectivity index (χ2n) is 4.35. The first-order chi connectivity index (χ1) is 10.6. The molecule has 0 saturated heterocycles. The first-order valence-electron chi connectivity index (χ1n) is 6.30. The summed E-state index contributed by atoms with van der Waals surface area (Å²) in [5, 5.41) is 7.07. The zero-order valence-corrected chi connectivity index (χ0v) is 12.1. The highest BCUT2D eigenvalue weighted by Gasteiger charge is 2.11. The van der Waals surface area contributed by atoms with Crippen LogP contribution in [0.4, 0.5) is 5.13 Å². The molecule has 0 aliphatic rings. The van der Waals surface area contributed by atoms with E-state index in [4.69, 9.17) is 5.73 Å². The van der Waals surface area contributed by atoms with Crippen LogP contribution in [0.2, 0.25) is 0 Å². The van der Waals surface area contributed by atoms with Crippen molar-refractivity contribution < 1.29 is 9.59 Å². The van der Waals surface area contributed by atoms with Gasteiger partial charge in [0.25, 0.3) is 11.8 Å². The molecule has 0 spiro atoms. The van der Waals surface area contributed by atoms with Crippen LogP contribution in [0.5, 0.6) is 0 Å². The Morgan fingerprint density at radius 2 is 2.00 bits per heavy atom. The summed E-state index contributed by atoms with van der Waals surface area (Å²) in [5.74, 6) is -0.876. The normalized spacial score (nSPS) is 10.4. The molecule has 22 heavy (non-hydrogen) atoms. The zero-order valence-electron chi connectivity index (χ0n) is 11.3. The van der Waals surface area contributed by atoms with Crippen LogP contribution >= 0.6 is 11.3 Å². The van der Waals surface area contributed by atoms with Crippen LogP contribution < -0.4 is 11.1 Å². The van der Waals surface area contributed by atoms with Gasteiger partial charge in [-0.1, -0.05) is 11.3 Å². The molecule has 0 unspecified atom stereocenters. The number of thiazole rings is 1. The maximum atomic E-state index is 12.1. The lowest BCUT2D eigenvalue weighted by atomic mass is 10.2. The van der Waals surface area contributed by atoms with E-state index in [2.05, 4.69) is 15.4 Å². The number of nitrogens with two attached hydrogens (primary N) is 1. The third kappa shape index (κ3) is 2.86. The number of primary amides is 1. The summed E-state index contributed by atoms with van der Waals surface area (Å²) in [5.41, 5.74) is 6.47. The summed E-state index contributed by atoms with van der Waals surface area (Å²) in [6, 6.07) is 8.78. The van der Waals surface area contributed by atoms with Crippen molar-refractivity contribution in [3.8, 4) is 5.69 Å². The summed E-state index contributed by atoms with van der Waals surface area (Å²) in [6.45, 7) is 0. The molecule has 0 fully saturated rings. The van der Waals surface area contributed by atoms with E-state index in [1.807, 2.05) is 12.3 Å². The molecule has 3 aromatic rings. The fourth-order valence-electron chi connectivity index (χ4n) is 1.80. The van der Waals surface area contributed by atoms with Gasteiger partial charge in [0.1, 0.15) is 4.88 Å². The van der Waals surface area contributed by atoms with Gasteiger partial charge in [-0.05, 0) is 30.3 Å². The standard InChI is InChI=1S/C14H11N5O2S/c15-12(20)11-8-16-14(22-11)18-13(21)9-2-4-10(5-3-9)19-7-1-6-17-19/h1-8H,(H2,15,20)(H,16,18,21). The molecular weight excluding hydrogens is 302 g/mol. The Morgan fingerprint density at radius 3 is 2.59 bits per heavy atom. The summed E-state index contributed by atoms with van der Waals surface area (Å²) in [6.07, 6.45) is 4.83. The first kappa shape index (κ1) is 14.0. The van der Waals surface area contributed by atoms with Crippen LogP contribution in [-0.2, 0) is 0 Å². The highest BCUT2D eigenvalue weighted by atomic mass is 32.1. The second-order valence-corrected chi connectivity index (χ2v) is 5.38. The second kappa shape index (κ2) is 5.78. The van der Waals surface area contributed by atoms with E-state index in [0.29, 0.717) is 15.6 Å². The molecule has 0 bridgehead atoms. The fourth-order valence-corrected chi connectivity index (χ4v) is 2.47. The molecule has 7 nitrogen and oxygen atoms in total. The molecule has 2 amide bonds. The number of rotatable bonds is 4. The van der Waals surface area contributed by atoms with Gasteiger partial charge in [-0.2, -0.15) is 5.10 Å². The molecule has 0 aliphatic carbocycles. The van der Waals surface area contributed by atoms with Gasteiger partial charge in [-0.25, -0.2) is 9.67 Å². The van der Waals surface area contributed by atoms with E-state index in [9.17, 15) is 9.59 Å². The lowest BCUT2D eigenvalue weighted by molar-refractivity contribution is 0.100. The van der Waals surface area contributed by atoms with E-state index in [-0.39, 0.29) is 5.91 Å². The SMILES string of the molecule is NC(=O)c1cnc(NC(=O)c2ccc(-n3cccn3)cc2)s1. The maximum Gasteiger partial charge on any atom is 0.260 e. The number of anilines is 1. The van der Waals surface area contributed by atoms with Crippen LogP contribution in [-0.4, -0.2) is 26.6 Å².